The Labute approximate surface area is 278 Å². The van der Waals surface area contributed by atoms with Gasteiger partial charge in [-0.25, -0.2) is 4.79 Å². The molecule has 1 heterocycles. The summed E-state index contributed by atoms with van der Waals surface area (Å²) >= 11 is 0. The first-order valence-electron chi connectivity index (χ1n) is 16.0. The zero-order valence-electron chi connectivity index (χ0n) is 27.3. The molecule has 1 saturated carbocycles. The SMILES string of the molecule is CC[C@@H]([C@@H]1CC[C@@H](N)[C@@H](C2C(N=[N+]=[N-])CC(N=[N+]=[N-])[C@H](OC(C)=O)[C@H]2OC(C)=O)O1)N(Cc1ccccc1)C(=O)OCc1ccccc1. The first-order valence-corrected chi connectivity index (χ1v) is 16.0. The Morgan fingerprint density at radius 3 is 2.08 bits per heavy atom. The van der Waals surface area contributed by atoms with Gasteiger partial charge in [-0.05, 0) is 47.9 Å². The van der Waals surface area contributed by atoms with Gasteiger partial charge in [0.05, 0.1) is 24.3 Å². The molecule has 48 heavy (non-hydrogen) atoms. The van der Waals surface area contributed by atoms with Gasteiger partial charge in [0.15, 0.2) is 0 Å². The van der Waals surface area contributed by atoms with Crippen LogP contribution < -0.4 is 5.73 Å². The minimum Gasteiger partial charge on any atom is -0.458 e. The maximum Gasteiger partial charge on any atom is 0.410 e. The molecule has 1 aliphatic carbocycles. The van der Waals surface area contributed by atoms with Crippen LogP contribution in [-0.2, 0) is 41.7 Å². The van der Waals surface area contributed by atoms with Crippen LogP contribution in [0, 0.1) is 5.92 Å². The van der Waals surface area contributed by atoms with E-state index in [0.29, 0.717) is 19.3 Å². The first-order chi connectivity index (χ1) is 23.2. The summed E-state index contributed by atoms with van der Waals surface area (Å²) in [6, 6.07) is 16.0. The van der Waals surface area contributed by atoms with Crippen molar-refractivity contribution < 1.29 is 33.3 Å². The molecule has 2 aromatic carbocycles. The van der Waals surface area contributed by atoms with Crippen molar-refractivity contribution in [3.8, 4) is 0 Å². The van der Waals surface area contributed by atoms with Crippen molar-refractivity contribution >= 4 is 18.0 Å². The lowest BCUT2D eigenvalue weighted by atomic mass is 9.72. The average Bonchev–Trinajstić information content (AvgIpc) is 3.07. The van der Waals surface area contributed by atoms with Gasteiger partial charge in [0.1, 0.15) is 18.8 Å². The largest absolute Gasteiger partial charge is 0.458 e. The summed E-state index contributed by atoms with van der Waals surface area (Å²) in [6.07, 6.45) is -2.84. The molecule has 2 aromatic rings. The number of benzene rings is 2. The van der Waals surface area contributed by atoms with Crippen molar-refractivity contribution in [1.29, 1.82) is 0 Å². The van der Waals surface area contributed by atoms with Gasteiger partial charge in [0, 0.05) is 48.2 Å². The van der Waals surface area contributed by atoms with Gasteiger partial charge in [0.25, 0.3) is 0 Å². The van der Waals surface area contributed by atoms with E-state index >= 15 is 0 Å². The quantitative estimate of drug-likeness (QED) is 0.0972. The highest BCUT2D eigenvalue weighted by Gasteiger charge is 2.54. The fraction of sp³-hybridized carbons (Fsp3) is 0.545. The second-order valence-corrected chi connectivity index (χ2v) is 12.0. The highest BCUT2D eigenvalue weighted by atomic mass is 16.6. The number of azide groups is 2. The van der Waals surface area contributed by atoms with E-state index in [4.69, 9.17) is 24.7 Å². The van der Waals surface area contributed by atoms with Gasteiger partial charge in [-0.1, -0.05) is 77.8 Å². The molecule has 2 aliphatic rings. The Kier molecular flexibility index (Phi) is 13.0. The molecular formula is C33H42N8O7. The maximum absolute atomic E-state index is 13.8. The number of hydrogen-bond donors (Lipinski definition) is 1. The van der Waals surface area contributed by atoms with Crippen LogP contribution in [0.25, 0.3) is 20.9 Å². The van der Waals surface area contributed by atoms with Gasteiger partial charge in [-0.15, -0.1) is 0 Å². The number of rotatable bonds is 12. The predicted molar refractivity (Wildman–Crippen MR) is 174 cm³/mol. The summed E-state index contributed by atoms with van der Waals surface area (Å²) in [4.78, 5) is 45.9. The van der Waals surface area contributed by atoms with Gasteiger partial charge in [0.2, 0.25) is 0 Å². The highest BCUT2D eigenvalue weighted by molar-refractivity contribution is 5.68. The lowest BCUT2D eigenvalue weighted by molar-refractivity contribution is -0.197. The average molecular weight is 663 g/mol. The van der Waals surface area contributed by atoms with Gasteiger partial charge in [-0.2, -0.15) is 0 Å². The third-order valence-electron chi connectivity index (χ3n) is 8.81. The van der Waals surface area contributed by atoms with Crippen LogP contribution in [0.15, 0.2) is 70.9 Å². The number of nitrogens with zero attached hydrogens (tertiary/aromatic N) is 7. The van der Waals surface area contributed by atoms with Crippen LogP contribution in [0.1, 0.15) is 57.6 Å². The minimum absolute atomic E-state index is 0.00506. The summed E-state index contributed by atoms with van der Waals surface area (Å²) in [7, 11) is 0. The van der Waals surface area contributed by atoms with Gasteiger partial charge >= 0.3 is 18.0 Å². The fourth-order valence-electron chi connectivity index (χ4n) is 6.78. The third-order valence-corrected chi connectivity index (χ3v) is 8.81. The van der Waals surface area contributed by atoms with E-state index in [-0.39, 0.29) is 19.6 Å². The summed E-state index contributed by atoms with van der Waals surface area (Å²) in [5.41, 5.74) is 27.2. The molecule has 0 radical (unpaired) electrons. The molecule has 256 valence electrons. The zero-order valence-corrected chi connectivity index (χ0v) is 27.3. The number of carbonyl (C=O) groups excluding carboxylic acids is 3. The Morgan fingerprint density at radius 1 is 0.917 bits per heavy atom. The molecule has 0 spiro atoms. The van der Waals surface area contributed by atoms with Gasteiger partial charge < -0.3 is 24.7 Å². The molecule has 15 heteroatoms. The number of ether oxygens (including phenoxy) is 4. The van der Waals surface area contributed by atoms with Crippen molar-refractivity contribution in [2.75, 3.05) is 0 Å². The Balaban J connectivity index is 1.69. The van der Waals surface area contributed by atoms with Crippen LogP contribution >= 0.6 is 0 Å². The second kappa shape index (κ2) is 17.4. The van der Waals surface area contributed by atoms with Crippen LogP contribution in [0.3, 0.4) is 0 Å². The lowest BCUT2D eigenvalue weighted by Crippen LogP contribution is -2.64. The summed E-state index contributed by atoms with van der Waals surface area (Å²) in [5.74, 6) is -2.24. The number of carbonyl (C=O) groups is 3. The molecule has 2 N–H and O–H groups in total. The number of amides is 1. The van der Waals surface area contributed by atoms with Gasteiger partial charge in [-0.3, -0.25) is 14.5 Å². The topological polar surface area (TPSA) is 215 Å². The first kappa shape index (κ1) is 36.0. The van der Waals surface area contributed by atoms with Crippen LogP contribution in [0.5, 0.6) is 0 Å². The second-order valence-electron chi connectivity index (χ2n) is 12.0. The Hall–Kier alpha value is -4.81. The van der Waals surface area contributed by atoms with Crippen LogP contribution in [-0.4, -0.2) is 71.5 Å². The van der Waals surface area contributed by atoms with E-state index in [2.05, 4.69) is 20.1 Å². The molecule has 3 unspecified atom stereocenters. The summed E-state index contributed by atoms with van der Waals surface area (Å²) in [5, 5.41) is 7.77. The van der Waals surface area contributed by atoms with Crippen LogP contribution in [0.2, 0.25) is 0 Å². The fourth-order valence-corrected chi connectivity index (χ4v) is 6.78. The van der Waals surface area contributed by atoms with Crippen molar-refractivity contribution in [2.45, 2.75) is 108 Å². The van der Waals surface area contributed by atoms with E-state index in [9.17, 15) is 25.4 Å². The van der Waals surface area contributed by atoms with Crippen molar-refractivity contribution in [3.63, 3.8) is 0 Å². The van der Waals surface area contributed by atoms with Crippen LogP contribution in [0.4, 0.5) is 4.79 Å². The maximum atomic E-state index is 13.8. The smallest absolute Gasteiger partial charge is 0.410 e. The third kappa shape index (κ3) is 9.17. The van der Waals surface area contributed by atoms with E-state index in [1.165, 1.54) is 13.8 Å². The molecule has 1 saturated heterocycles. The molecule has 1 amide bonds. The van der Waals surface area contributed by atoms with Crippen molar-refractivity contribution in [3.05, 3.63) is 92.7 Å². The number of nitrogens with two attached hydrogens (primary N) is 1. The predicted octanol–water partition coefficient (Wildman–Crippen LogP) is 5.72. The normalized spacial score (nSPS) is 27.2. The molecule has 15 nitrogen and oxygen atoms in total. The monoisotopic (exact) mass is 662 g/mol. The Morgan fingerprint density at radius 2 is 1.50 bits per heavy atom. The van der Waals surface area contributed by atoms with E-state index in [1.807, 2.05) is 67.6 Å². The number of esters is 2. The molecule has 0 bridgehead atoms. The van der Waals surface area contributed by atoms with Crippen molar-refractivity contribution in [2.24, 2.45) is 21.9 Å². The highest BCUT2D eigenvalue weighted by Crippen LogP contribution is 2.41. The van der Waals surface area contributed by atoms with Crippen molar-refractivity contribution in [1.82, 2.24) is 4.90 Å². The zero-order chi connectivity index (χ0) is 34.6. The minimum atomic E-state index is -1.21. The molecule has 9 atom stereocenters. The Bertz CT molecular complexity index is 1490. The molecule has 0 aromatic heterocycles. The molecule has 1 aliphatic heterocycles. The van der Waals surface area contributed by atoms with E-state index in [1.54, 1.807) is 4.90 Å². The van der Waals surface area contributed by atoms with E-state index < -0.39 is 72.5 Å². The number of hydrogen-bond acceptors (Lipinski definition) is 10. The molecule has 4 rings (SSSR count). The molecular weight excluding hydrogens is 620 g/mol. The summed E-state index contributed by atoms with van der Waals surface area (Å²) in [6.45, 7) is 4.68. The summed E-state index contributed by atoms with van der Waals surface area (Å²) < 4.78 is 23.9. The lowest BCUT2D eigenvalue weighted by Gasteiger charge is -2.50. The molecule has 2 fully saturated rings. The van der Waals surface area contributed by atoms with E-state index in [0.717, 1.165) is 11.1 Å². The standard InChI is InChI=1S/C33H42N8O7/c1-4-27(41(18-22-11-7-5-8-12-22)33(44)45-19-23-13-9-6-10-14-23)28-16-15-24(34)30(48-28)29-25(37-39-35)17-26(38-40-36)31(46-20(2)42)32(29)47-21(3)43/h5-14,24-32H,4,15-19,34H2,1-3H3/t24-,25?,26?,27+,28+,29?,30+,31+,32+/m1/s1.